The van der Waals surface area contributed by atoms with Gasteiger partial charge in [0.25, 0.3) is 0 Å². The normalized spacial score (nSPS) is 11.0. The Bertz CT molecular complexity index is 851. The molecule has 0 bridgehead atoms. The van der Waals surface area contributed by atoms with E-state index in [-0.39, 0.29) is 12.5 Å². The fourth-order valence-corrected chi connectivity index (χ4v) is 2.99. The molecule has 1 heterocycles. The number of hydrogen-bond acceptors (Lipinski definition) is 2. The van der Waals surface area contributed by atoms with Gasteiger partial charge in [-0.05, 0) is 50.2 Å². The fraction of sp³-hybridized carbons (Fsp3) is 0.263. The summed E-state index contributed by atoms with van der Waals surface area (Å²) < 4.78 is 1.99. The highest BCUT2D eigenvalue weighted by Gasteiger charge is 2.17. The molecule has 3 aromatic rings. The molecular weight excluding hydrogens is 322 g/mol. The monoisotopic (exact) mass is 341 g/mol. The minimum absolute atomic E-state index is 0.0957. The van der Waals surface area contributed by atoms with Crippen LogP contribution in [0.15, 0.2) is 48.5 Å². The van der Waals surface area contributed by atoms with E-state index in [4.69, 9.17) is 16.6 Å². The maximum atomic E-state index is 12.6. The first-order valence-corrected chi connectivity index (χ1v) is 8.50. The molecule has 4 nitrogen and oxygen atoms in total. The number of halogens is 1. The van der Waals surface area contributed by atoms with Crippen molar-refractivity contribution >= 4 is 28.5 Å². The summed E-state index contributed by atoms with van der Waals surface area (Å²) in [6.07, 6.45) is 0. The van der Waals surface area contributed by atoms with E-state index in [9.17, 15) is 4.79 Å². The van der Waals surface area contributed by atoms with Crippen molar-refractivity contribution in [2.45, 2.75) is 20.4 Å². The lowest BCUT2D eigenvalue weighted by atomic mass is 10.2. The number of imidazole rings is 1. The largest absolute Gasteiger partial charge is 0.342 e. The van der Waals surface area contributed by atoms with E-state index in [0.717, 1.165) is 22.4 Å². The maximum Gasteiger partial charge on any atom is 0.242 e. The van der Waals surface area contributed by atoms with Gasteiger partial charge in [0.05, 0.1) is 11.0 Å². The van der Waals surface area contributed by atoms with Gasteiger partial charge in [-0.3, -0.25) is 4.79 Å². The van der Waals surface area contributed by atoms with Crippen LogP contribution in [0.2, 0.25) is 5.02 Å². The molecule has 124 valence electrons. The number of fused-ring (bicyclic) bond motifs is 1. The van der Waals surface area contributed by atoms with E-state index >= 15 is 0 Å². The Hall–Kier alpha value is -2.33. The molecule has 2 aromatic carbocycles. The Morgan fingerprint density at radius 2 is 1.75 bits per heavy atom. The van der Waals surface area contributed by atoms with E-state index in [0.29, 0.717) is 18.1 Å². The summed E-state index contributed by atoms with van der Waals surface area (Å²) in [7, 11) is 0. The van der Waals surface area contributed by atoms with E-state index in [1.165, 1.54) is 0 Å². The number of likely N-dealkylation sites (N-methyl/N-ethyl adjacent to an activating group) is 1. The molecule has 0 atom stereocenters. The van der Waals surface area contributed by atoms with E-state index in [1.54, 1.807) is 0 Å². The second-order valence-electron chi connectivity index (χ2n) is 5.58. The molecule has 3 rings (SSSR count). The van der Waals surface area contributed by atoms with Crippen LogP contribution in [0.3, 0.4) is 0 Å². The number of para-hydroxylation sites is 2. The van der Waals surface area contributed by atoms with Crippen molar-refractivity contribution in [3.8, 4) is 11.4 Å². The lowest BCUT2D eigenvalue weighted by Gasteiger charge is -2.20. The second kappa shape index (κ2) is 7.05. The Morgan fingerprint density at radius 3 is 2.42 bits per heavy atom. The minimum atomic E-state index is 0.0957. The first-order chi connectivity index (χ1) is 11.6. The third-order valence-electron chi connectivity index (χ3n) is 4.17. The SMILES string of the molecule is CCN(CC)C(=O)Cn1c(-c2ccc(Cl)cc2)nc2ccccc21. The number of carbonyl (C=O) groups excluding carboxylic acids is 1. The maximum absolute atomic E-state index is 12.6. The van der Waals surface area contributed by atoms with Crippen molar-refractivity contribution in [3.05, 3.63) is 53.6 Å². The summed E-state index contributed by atoms with van der Waals surface area (Å²) >= 11 is 5.99. The molecule has 0 aliphatic rings. The molecule has 0 saturated carbocycles. The van der Waals surface area contributed by atoms with Crippen LogP contribution in [0.5, 0.6) is 0 Å². The van der Waals surface area contributed by atoms with E-state index in [2.05, 4.69) is 0 Å². The van der Waals surface area contributed by atoms with Gasteiger partial charge in [0.2, 0.25) is 5.91 Å². The highest BCUT2D eigenvalue weighted by atomic mass is 35.5. The molecule has 1 amide bonds. The van der Waals surface area contributed by atoms with Gasteiger partial charge in [-0.2, -0.15) is 0 Å². The molecule has 0 saturated heterocycles. The molecule has 0 N–H and O–H groups in total. The van der Waals surface area contributed by atoms with Crippen molar-refractivity contribution in [1.29, 1.82) is 0 Å². The Morgan fingerprint density at radius 1 is 1.08 bits per heavy atom. The first-order valence-electron chi connectivity index (χ1n) is 8.13. The van der Waals surface area contributed by atoms with Crippen LogP contribution >= 0.6 is 11.6 Å². The molecular formula is C19H20ClN3O. The van der Waals surface area contributed by atoms with Crippen molar-refractivity contribution in [2.75, 3.05) is 13.1 Å². The van der Waals surface area contributed by atoms with Crippen LogP contribution in [-0.4, -0.2) is 33.4 Å². The molecule has 1 aromatic heterocycles. The predicted molar refractivity (Wildman–Crippen MR) is 98.1 cm³/mol. The zero-order chi connectivity index (χ0) is 17.1. The number of aromatic nitrogens is 2. The molecule has 0 aliphatic carbocycles. The number of benzene rings is 2. The molecule has 0 spiro atoms. The quantitative estimate of drug-likeness (QED) is 0.696. The lowest BCUT2D eigenvalue weighted by molar-refractivity contribution is -0.131. The van der Waals surface area contributed by atoms with Crippen LogP contribution in [0.25, 0.3) is 22.4 Å². The third kappa shape index (κ3) is 3.15. The van der Waals surface area contributed by atoms with Crippen LogP contribution in [-0.2, 0) is 11.3 Å². The lowest BCUT2D eigenvalue weighted by Crippen LogP contribution is -2.33. The van der Waals surface area contributed by atoms with Gasteiger partial charge in [0.15, 0.2) is 0 Å². The van der Waals surface area contributed by atoms with Gasteiger partial charge < -0.3 is 9.47 Å². The van der Waals surface area contributed by atoms with Gasteiger partial charge >= 0.3 is 0 Å². The standard InChI is InChI=1S/C19H20ClN3O/c1-3-22(4-2)18(24)13-23-17-8-6-5-7-16(17)21-19(23)14-9-11-15(20)12-10-14/h5-12H,3-4,13H2,1-2H3. The summed E-state index contributed by atoms with van der Waals surface area (Å²) in [4.78, 5) is 19.2. The third-order valence-corrected chi connectivity index (χ3v) is 4.42. The predicted octanol–water partition coefficient (Wildman–Crippen LogP) is 4.23. The van der Waals surface area contributed by atoms with Crippen molar-refractivity contribution in [3.63, 3.8) is 0 Å². The molecule has 0 unspecified atom stereocenters. The average Bonchev–Trinajstić information content (AvgIpc) is 2.95. The van der Waals surface area contributed by atoms with Crippen LogP contribution in [0, 0.1) is 0 Å². The van der Waals surface area contributed by atoms with Crippen LogP contribution in [0.4, 0.5) is 0 Å². The molecule has 0 aliphatic heterocycles. The summed E-state index contributed by atoms with van der Waals surface area (Å²) in [6.45, 7) is 5.68. The minimum Gasteiger partial charge on any atom is -0.342 e. The Labute approximate surface area is 146 Å². The second-order valence-corrected chi connectivity index (χ2v) is 6.02. The average molecular weight is 342 g/mol. The van der Waals surface area contributed by atoms with Gasteiger partial charge in [0, 0.05) is 23.7 Å². The summed E-state index contributed by atoms with van der Waals surface area (Å²) in [5, 5.41) is 0.681. The molecule has 5 heteroatoms. The van der Waals surface area contributed by atoms with Gasteiger partial charge in [-0.25, -0.2) is 4.98 Å². The van der Waals surface area contributed by atoms with Crippen LogP contribution < -0.4 is 0 Å². The number of nitrogens with zero attached hydrogens (tertiary/aromatic N) is 3. The van der Waals surface area contributed by atoms with E-state index in [1.807, 2.05) is 71.8 Å². The summed E-state index contributed by atoms with van der Waals surface area (Å²) in [5.41, 5.74) is 2.79. The smallest absolute Gasteiger partial charge is 0.242 e. The summed E-state index contributed by atoms with van der Waals surface area (Å²) in [5.74, 6) is 0.881. The Balaban J connectivity index is 2.08. The summed E-state index contributed by atoms with van der Waals surface area (Å²) in [6, 6.07) is 15.4. The van der Waals surface area contributed by atoms with Crippen molar-refractivity contribution in [1.82, 2.24) is 14.5 Å². The topological polar surface area (TPSA) is 38.1 Å². The van der Waals surface area contributed by atoms with E-state index < -0.39 is 0 Å². The zero-order valence-corrected chi connectivity index (χ0v) is 14.6. The van der Waals surface area contributed by atoms with Gasteiger partial charge in [-0.1, -0.05) is 23.7 Å². The van der Waals surface area contributed by atoms with Gasteiger partial charge in [-0.15, -0.1) is 0 Å². The molecule has 24 heavy (non-hydrogen) atoms. The fourth-order valence-electron chi connectivity index (χ4n) is 2.87. The van der Waals surface area contributed by atoms with Crippen molar-refractivity contribution in [2.24, 2.45) is 0 Å². The molecule has 0 fully saturated rings. The zero-order valence-electron chi connectivity index (χ0n) is 13.9. The molecule has 0 radical (unpaired) electrons. The van der Waals surface area contributed by atoms with Gasteiger partial charge in [0.1, 0.15) is 12.4 Å². The number of rotatable bonds is 5. The highest BCUT2D eigenvalue weighted by molar-refractivity contribution is 6.30. The number of carbonyl (C=O) groups is 1. The number of amides is 1. The number of hydrogen-bond donors (Lipinski definition) is 0. The van der Waals surface area contributed by atoms with Crippen molar-refractivity contribution < 1.29 is 4.79 Å². The first kappa shape index (κ1) is 16.5. The Kier molecular flexibility index (Phi) is 4.86. The van der Waals surface area contributed by atoms with Crippen LogP contribution in [0.1, 0.15) is 13.8 Å². The highest BCUT2D eigenvalue weighted by Crippen LogP contribution is 2.26.